The number of fused-ring (bicyclic) bond motifs is 1. The van der Waals surface area contributed by atoms with Crippen molar-refractivity contribution in [2.24, 2.45) is 0 Å². The SMILES string of the molecule is CCc1sc2nc(SCC(=O)Nc3c(C)cccc3C)n(Cc3ccc(C)cc3)c(=O)c2c1C. The Kier molecular flexibility index (Phi) is 7.24. The van der Waals surface area contributed by atoms with Gasteiger partial charge >= 0.3 is 0 Å². The van der Waals surface area contributed by atoms with E-state index in [4.69, 9.17) is 4.98 Å². The van der Waals surface area contributed by atoms with Gasteiger partial charge in [0.1, 0.15) is 4.83 Å². The minimum Gasteiger partial charge on any atom is -0.325 e. The maximum Gasteiger partial charge on any atom is 0.263 e. The van der Waals surface area contributed by atoms with Crippen molar-refractivity contribution in [3.05, 3.63) is 85.5 Å². The molecule has 0 aliphatic heterocycles. The van der Waals surface area contributed by atoms with E-state index in [9.17, 15) is 9.59 Å². The summed E-state index contributed by atoms with van der Waals surface area (Å²) in [6.07, 6.45) is 0.866. The zero-order valence-corrected chi connectivity index (χ0v) is 21.8. The molecule has 0 fully saturated rings. The summed E-state index contributed by atoms with van der Waals surface area (Å²) in [6.45, 7) is 10.5. The van der Waals surface area contributed by atoms with Gasteiger partial charge < -0.3 is 5.32 Å². The third-order valence-corrected chi connectivity index (χ3v) is 8.28. The molecule has 0 bridgehead atoms. The standard InChI is InChI=1S/C27H29N3O2S2/c1-6-21-19(5)23-25(34-21)29-27(30(26(23)32)14-20-12-10-16(2)11-13-20)33-15-22(31)28-24-17(3)8-7-9-18(24)4/h7-13H,6,14-15H2,1-5H3,(H,28,31). The smallest absolute Gasteiger partial charge is 0.263 e. The van der Waals surface area contributed by atoms with Crippen LogP contribution in [0.15, 0.2) is 52.4 Å². The lowest BCUT2D eigenvalue weighted by Gasteiger charge is -2.14. The van der Waals surface area contributed by atoms with Crippen molar-refractivity contribution in [2.45, 2.75) is 52.7 Å². The van der Waals surface area contributed by atoms with Gasteiger partial charge in [-0.15, -0.1) is 11.3 Å². The van der Waals surface area contributed by atoms with Crippen molar-refractivity contribution < 1.29 is 4.79 Å². The quantitative estimate of drug-likeness (QED) is 0.253. The average molecular weight is 492 g/mol. The first-order valence-electron chi connectivity index (χ1n) is 11.4. The van der Waals surface area contributed by atoms with Crippen molar-refractivity contribution in [2.75, 3.05) is 11.1 Å². The van der Waals surface area contributed by atoms with Gasteiger partial charge in [0.15, 0.2) is 5.16 Å². The van der Waals surface area contributed by atoms with E-state index in [1.807, 2.05) is 70.2 Å². The lowest BCUT2D eigenvalue weighted by atomic mass is 10.1. The highest BCUT2D eigenvalue weighted by molar-refractivity contribution is 7.99. The number of para-hydroxylation sites is 1. The molecule has 2 aromatic carbocycles. The molecule has 0 unspecified atom stereocenters. The molecule has 176 valence electrons. The first-order valence-corrected chi connectivity index (χ1v) is 13.2. The van der Waals surface area contributed by atoms with Crippen LogP contribution in [-0.2, 0) is 17.8 Å². The molecule has 0 aliphatic rings. The summed E-state index contributed by atoms with van der Waals surface area (Å²) < 4.78 is 1.71. The van der Waals surface area contributed by atoms with Gasteiger partial charge in [0.25, 0.3) is 5.56 Å². The van der Waals surface area contributed by atoms with Gasteiger partial charge in [-0.2, -0.15) is 0 Å². The predicted octanol–water partition coefficient (Wildman–Crippen LogP) is 6.03. The van der Waals surface area contributed by atoms with Crippen molar-refractivity contribution in [1.82, 2.24) is 9.55 Å². The van der Waals surface area contributed by atoms with E-state index < -0.39 is 0 Å². The molecule has 0 aliphatic carbocycles. The number of thioether (sulfide) groups is 1. The van der Waals surface area contributed by atoms with Crippen molar-refractivity contribution in [3.8, 4) is 0 Å². The van der Waals surface area contributed by atoms with Crippen LogP contribution in [0.1, 0.15) is 39.6 Å². The van der Waals surface area contributed by atoms with Crippen LogP contribution in [0.4, 0.5) is 5.69 Å². The number of rotatable bonds is 7. The summed E-state index contributed by atoms with van der Waals surface area (Å²) in [6, 6.07) is 14.1. The fraction of sp³-hybridized carbons (Fsp3) is 0.296. The largest absolute Gasteiger partial charge is 0.325 e. The molecule has 0 saturated heterocycles. The van der Waals surface area contributed by atoms with Crippen molar-refractivity contribution in [3.63, 3.8) is 0 Å². The molecule has 7 heteroatoms. The number of amides is 1. The Labute approximate surface area is 208 Å². The zero-order chi connectivity index (χ0) is 24.4. The molecular weight excluding hydrogens is 462 g/mol. The lowest BCUT2D eigenvalue weighted by Crippen LogP contribution is -2.25. The van der Waals surface area contributed by atoms with Crippen LogP contribution in [0, 0.1) is 27.7 Å². The highest BCUT2D eigenvalue weighted by Crippen LogP contribution is 2.30. The number of nitrogens with zero attached hydrogens (tertiary/aromatic N) is 2. The predicted molar refractivity (Wildman–Crippen MR) is 144 cm³/mol. The van der Waals surface area contributed by atoms with Gasteiger partial charge in [-0.3, -0.25) is 14.2 Å². The van der Waals surface area contributed by atoms with Crippen LogP contribution in [0.2, 0.25) is 0 Å². The highest BCUT2D eigenvalue weighted by atomic mass is 32.2. The van der Waals surface area contributed by atoms with Crippen LogP contribution in [0.25, 0.3) is 10.2 Å². The van der Waals surface area contributed by atoms with Gasteiger partial charge in [-0.1, -0.05) is 66.7 Å². The zero-order valence-electron chi connectivity index (χ0n) is 20.2. The van der Waals surface area contributed by atoms with Crippen LogP contribution >= 0.6 is 23.1 Å². The number of aryl methyl sites for hydroxylation is 5. The monoisotopic (exact) mass is 491 g/mol. The maximum atomic E-state index is 13.6. The van der Waals surface area contributed by atoms with Gasteiger partial charge in [0, 0.05) is 10.6 Å². The summed E-state index contributed by atoms with van der Waals surface area (Å²) in [4.78, 5) is 33.2. The summed E-state index contributed by atoms with van der Waals surface area (Å²) >= 11 is 2.88. The number of hydrogen-bond donors (Lipinski definition) is 1. The number of thiophene rings is 1. The topological polar surface area (TPSA) is 64.0 Å². The fourth-order valence-corrected chi connectivity index (χ4v) is 5.98. The van der Waals surface area contributed by atoms with Crippen LogP contribution in [-0.4, -0.2) is 21.2 Å². The molecule has 0 spiro atoms. The Morgan fingerprint density at radius 1 is 1.06 bits per heavy atom. The van der Waals surface area contributed by atoms with E-state index >= 15 is 0 Å². The Bertz CT molecular complexity index is 1400. The van der Waals surface area contributed by atoms with Gasteiger partial charge in [-0.05, 0) is 56.4 Å². The molecule has 4 rings (SSSR count). The second-order valence-corrected chi connectivity index (χ2v) is 10.6. The Hall–Kier alpha value is -2.90. The Morgan fingerprint density at radius 2 is 1.74 bits per heavy atom. The van der Waals surface area contributed by atoms with E-state index in [1.54, 1.807) is 15.9 Å². The Morgan fingerprint density at radius 3 is 2.38 bits per heavy atom. The molecule has 5 nitrogen and oxygen atoms in total. The number of carbonyl (C=O) groups excluding carboxylic acids is 1. The second kappa shape index (κ2) is 10.2. The van der Waals surface area contributed by atoms with Crippen molar-refractivity contribution >= 4 is 44.9 Å². The molecule has 0 radical (unpaired) electrons. The fourth-order valence-electron chi connectivity index (χ4n) is 4.02. The van der Waals surface area contributed by atoms with Crippen LogP contribution in [0.5, 0.6) is 0 Å². The molecule has 0 saturated carbocycles. The minimum atomic E-state index is -0.116. The number of benzene rings is 2. The minimum absolute atomic E-state index is 0.0447. The number of anilines is 1. The molecule has 1 N–H and O–H groups in total. The first kappa shape index (κ1) is 24.2. The summed E-state index contributed by atoms with van der Waals surface area (Å²) in [5.41, 5.74) is 6.06. The third-order valence-electron chi connectivity index (χ3n) is 5.97. The lowest BCUT2D eigenvalue weighted by molar-refractivity contribution is -0.113. The van der Waals surface area contributed by atoms with Crippen molar-refractivity contribution in [1.29, 1.82) is 0 Å². The second-order valence-electron chi connectivity index (χ2n) is 8.56. The number of carbonyl (C=O) groups is 1. The van der Waals surface area contributed by atoms with Crippen LogP contribution < -0.4 is 10.9 Å². The van der Waals surface area contributed by atoms with E-state index in [-0.39, 0.29) is 17.2 Å². The third kappa shape index (κ3) is 4.95. The number of hydrogen-bond acceptors (Lipinski definition) is 5. The normalized spacial score (nSPS) is 11.2. The summed E-state index contributed by atoms with van der Waals surface area (Å²) in [5, 5.41) is 4.29. The highest BCUT2D eigenvalue weighted by Gasteiger charge is 2.19. The van der Waals surface area contributed by atoms with Gasteiger partial charge in [-0.25, -0.2) is 4.98 Å². The first-order chi connectivity index (χ1) is 16.3. The molecule has 4 aromatic rings. The summed E-state index contributed by atoms with van der Waals surface area (Å²) in [5.74, 6) is 0.0557. The summed E-state index contributed by atoms with van der Waals surface area (Å²) in [7, 11) is 0. The molecule has 2 aromatic heterocycles. The van der Waals surface area contributed by atoms with Gasteiger partial charge in [0.2, 0.25) is 5.91 Å². The van der Waals surface area contributed by atoms with Gasteiger partial charge in [0.05, 0.1) is 17.7 Å². The molecule has 2 heterocycles. The number of nitrogens with one attached hydrogen (secondary N) is 1. The van der Waals surface area contributed by atoms with E-state index in [1.165, 1.54) is 22.2 Å². The van der Waals surface area contributed by atoms with E-state index in [0.717, 1.165) is 39.2 Å². The average Bonchev–Trinajstić information content (AvgIpc) is 3.14. The Balaban J connectivity index is 1.67. The molecular formula is C27H29N3O2S2. The van der Waals surface area contributed by atoms with Crippen LogP contribution in [0.3, 0.4) is 0 Å². The number of aromatic nitrogens is 2. The maximum absolute atomic E-state index is 13.6. The molecule has 0 atom stereocenters. The molecule has 1 amide bonds. The molecule has 34 heavy (non-hydrogen) atoms. The van der Waals surface area contributed by atoms with E-state index in [2.05, 4.69) is 12.2 Å². The van der Waals surface area contributed by atoms with E-state index in [0.29, 0.717) is 17.1 Å².